The molecule has 1 aromatic rings. The van der Waals surface area contributed by atoms with Gasteiger partial charge in [-0.15, -0.1) is 36.4 Å². The molecule has 0 saturated heterocycles. The average molecular weight is 334 g/mol. The third-order valence-corrected chi connectivity index (χ3v) is 4.14. The van der Waals surface area contributed by atoms with Gasteiger partial charge in [0, 0.05) is 6.42 Å². The van der Waals surface area contributed by atoms with Crippen LogP contribution in [0, 0.1) is 0 Å². The maximum atomic E-state index is 12.0. The molecular formula is C11H6Cl3F3O2. The Labute approximate surface area is 121 Å². The highest BCUT2D eigenvalue weighted by Gasteiger charge is 2.71. The molecule has 19 heavy (non-hydrogen) atoms. The Morgan fingerprint density at radius 1 is 1.21 bits per heavy atom. The van der Waals surface area contributed by atoms with Gasteiger partial charge in [-0.1, -0.05) is 12.1 Å². The standard InChI is InChI=1S/C11H6Cl3F3O2/c12-8(18)9(5-10(9,13)14)6-1-3-7(4-2-6)19-11(15,16)17/h1-4H,5H2. The number of benzene rings is 1. The van der Waals surface area contributed by atoms with Crippen LogP contribution in [0.25, 0.3) is 0 Å². The summed E-state index contributed by atoms with van der Waals surface area (Å²) in [4.78, 5) is 11.4. The summed E-state index contributed by atoms with van der Waals surface area (Å²) in [6.07, 6.45) is -4.66. The van der Waals surface area contributed by atoms with Crippen molar-refractivity contribution in [3.05, 3.63) is 29.8 Å². The van der Waals surface area contributed by atoms with E-state index < -0.39 is 27.1 Å². The molecule has 104 valence electrons. The van der Waals surface area contributed by atoms with Crippen molar-refractivity contribution in [1.82, 2.24) is 0 Å². The number of ether oxygens (including phenoxy) is 1. The van der Waals surface area contributed by atoms with Gasteiger partial charge in [-0.2, -0.15) is 0 Å². The zero-order chi connectivity index (χ0) is 14.5. The van der Waals surface area contributed by atoms with Crippen LogP contribution in [0.3, 0.4) is 0 Å². The molecule has 0 bridgehead atoms. The Kier molecular flexibility index (Phi) is 3.44. The lowest BCUT2D eigenvalue weighted by molar-refractivity contribution is -0.274. The molecule has 1 aliphatic rings. The minimum Gasteiger partial charge on any atom is -0.406 e. The first-order chi connectivity index (χ1) is 8.58. The van der Waals surface area contributed by atoms with Gasteiger partial charge in [-0.05, 0) is 29.3 Å². The summed E-state index contributed by atoms with van der Waals surface area (Å²) in [5.74, 6) is -0.399. The van der Waals surface area contributed by atoms with E-state index in [1.54, 1.807) is 0 Å². The molecule has 0 aliphatic heterocycles. The molecular weight excluding hydrogens is 327 g/mol. The van der Waals surface area contributed by atoms with E-state index in [-0.39, 0.29) is 6.42 Å². The van der Waals surface area contributed by atoms with Crippen molar-refractivity contribution in [3.63, 3.8) is 0 Å². The fourth-order valence-electron chi connectivity index (χ4n) is 1.87. The van der Waals surface area contributed by atoms with Crippen LogP contribution in [0.5, 0.6) is 5.75 Å². The smallest absolute Gasteiger partial charge is 0.406 e. The second kappa shape index (κ2) is 4.43. The van der Waals surface area contributed by atoms with Gasteiger partial charge in [0.25, 0.3) is 0 Å². The Balaban J connectivity index is 2.27. The molecule has 0 heterocycles. The van der Waals surface area contributed by atoms with Gasteiger partial charge in [0.2, 0.25) is 5.24 Å². The monoisotopic (exact) mass is 332 g/mol. The Morgan fingerprint density at radius 3 is 2.00 bits per heavy atom. The lowest BCUT2D eigenvalue weighted by atomic mass is 9.97. The van der Waals surface area contributed by atoms with Crippen molar-refractivity contribution in [2.75, 3.05) is 0 Å². The second-order valence-corrected chi connectivity index (χ2v) is 5.96. The maximum Gasteiger partial charge on any atom is 0.573 e. The summed E-state index contributed by atoms with van der Waals surface area (Å²) >= 11 is 17.3. The van der Waals surface area contributed by atoms with Gasteiger partial charge >= 0.3 is 6.36 Å². The lowest BCUT2D eigenvalue weighted by Crippen LogP contribution is -2.22. The first-order valence-corrected chi connectivity index (χ1v) is 6.16. The highest BCUT2D eigenvalue weighted by molar-refractivity contribution is 6.70. The maximum absolute atomic E-state index is 12.0. The molecule has 1 aromatic carbocycles. The van der Waals surface area contributed by atoms with Crippen molar-refractivity contribution in [2.45, 2.75) is 22.5 Å². The second-order valence-electron chi connectivity index (χ2n) is 4.13. The van der Waals surface area contributed by atoms with E-state index in [2.05, 4.69) is 4.74 Å². The largest absolute Gasteiger partial charge is 0.573 e. The van der Waals surface area contributed by atoms with Gasteiger partial charge in [-0.25, -0.2) is 0 Å². The fourth-order valence-corrected chi connectivity index (χ4v) is 3.09. The summed E-state index contributed by atoms with van der Waals surface area (Å²) < 4.78 is 38.4. The first-order valence-electron chi connectivity index (χ1n) is 5.02. The number of alkyl halides is 5. The van der Waals surface area contributed by atoms with Crippen molar-refractivity contribution >= 4 is 40.0 Å². The molecule has 0 N–H and O–H groups in total. The molecule has 1 aliphatic carbocycles. The van der Waals surface area contributed by atoms with Crippen LogP contribution in [0.4, 0.5) is 13.2 Å². The highest BCUT2D eigenvalue weighted by Crippen LogP contribution is 2.65. The van der Waals surface area contributed by atoms with Crippen molar-refractivity contribution in [1.29, 1.82) is 0 Å². The molecule has 0 amide bonds. The minimum atomic E-state index is -4.77. The predicted octanol–water partition coefficient (Wildman–Crippen LogP) is 4.17. The normalized spacial score (nSPS) is 24.9. The number of hydrogen-bond acceptors (Lipinski definition) is 2. The van der Waals surface area contributed by atoms with Crippen molar-refractivity contribution < 1.29 is 22.7 Å². The summed E-state index contributed by atoms with van der Waals surface area (Å²) in [6.45, 7) is 0. The third kappa shape index (κ3) is 2.64. The van der Waals surface area contributed by atoms with Gasteiger partial charge in [0.1, 0.15) is 15.5 Å². The van der Waals surface area contributed by atoms with E-state index >= 15 is 0 Å². The van der Waals surface area contributed by atoms with Crippen LogP contribution < -0.4 is 4.74 Å². The van der Waals surface area contributed by atoms with E-state index in [9.17, 15) is 18.0 Å². The van der Waals surface area contributed by atoms with Crippen LogP contribution in [-0.2, 0) is 10.2 Å². The molecule has 0 spiro atoms. The summed E-state index contributed by atoms with van der Waals surface area (Å²) in [5, 5.41) is -0.748. The molecule has 0 aromatic heterocycles. The molecule has 0 radical (unpaired) electrons. The highest BCUT2D eigenvalue weighted by atomic mass is 35.5. The van der Waals surface area contributed by atoms with Gasteiger partial charge in [-0.3, -0.25) is 4.79 Å². The van der Waals surface area contributed by atoms with E-state index in [4.69, 9.17) is 34.8 Å². The number of carbonyl (C=O) groups is 1. The first kappa shape index (κ1) is 14.8. The van der Waals surface area contributed by atoms with Crippen LogP contribution in [-0.4, -0.2) is 15.9 Å². The SMILES string of the molecule is O=C(Cl)C1(c2ccc(OC(F)(F)F)cc2)CC1(Cl)Cl. The Bertz CT molecular complexity index is 513. The molecule has 8 heteroatoms. The topological polar surface area (TPSA) is 26.3 Å². The van der Waals surface area contributed by atoms with E-state index in [1.165, 1.54) is 12.1 Å². The quantitative estimate of drug-likeness (QED) is 0.613. The molecule has 1 unspecified atom stereocenters. The van der Waals surface area contributed by atoms with Crippen LogP contribution in [0.1, 0.15) is 12.0 Å². The Hall–Kier alpha value is -0.650. The summed E-state index contributed by atoms with van der Waals surface area (Å²) in [5.41, 5.74) is -0.916. The minimum absolute atomic E-state index is 0.116. The fraction of sp³-hybridized carbons (Fsp3) is 0.364. The molecule has 2 nitrogen and oxygen atoms in total. The number of halogens is 6. The lowest BCUT2D eigenvalue weighted by Gasteiger charge is -2.15. The molecule has 1 fully saturated rings. The zero-order valence-corrected chi connectivity index (χ0v) is 11.4. The van der Waals surface area contributed by atoms with E-state index in [1.807, 2.05) is 0 Å². The average Bonchev–Trinajstić information content (AvgIpc) is 2.82. The summed E-state index contributed by atoms with van der Waals surface area (Å²) in [7, 11) is 0. The van der Waals surface area contributed by atoms with E-state index in [0.29, 0.717) is 5.56 Å². The molecule has 2 rings (SSSR count). The van der Waals surface area contributed by atoms with Crippen LogP contribution in [0.15, 0.2) is 24.3 Å². The van der Waals surface area contributed by atoms with Gasteiger partial charge in [0.15, 0.2) is 0 Å². The number of carbonyl (C=O) groups excluding carboxylic acids is 1. The Morgan fingerprint density at radius 2 is 1.68 bits per heavy atom. The van der Waals surface area contributed by atoms with Gasteiger partial charge in [0.05, 0.1) is 0 Å². The zero-order valence-electron chi connectivity index (χ0n) is 9.10. The molecule has 1 atom stereocenters. The third-order valence-electron chi connectivity index (χ3n) is 2.90. The predicted molar refractivity (Wildman–Crippen MR) is 64.7 cm³/mol. The van der Waals surface area contributed by atoms with Crippen molar-refractivity contribution in [2.24, 2.45) is 0 Å². The van der Waals surface area contributed by atoms with Crippen LogP contribution in [0.2, 0.25) is 0 Å². The number of hydrogen-bond donors (Lipinski definition) is 0. The van der Waals surface area contributed by atoms with Gasteiger partial charge < -0.3 is 4.74 Å². The van der Waals surface area contributed by atoms with Crippen molar-refractivity contribution in [3.8, 4) is 5.75 Å². The number of rotatable bonds is 3. The van der Waals surface area contributed by atoms with E-state index in [0.717, 1.165) is 12.1 Å². The van der Waals surface area contributed by atoms with Crippen LogP contribution >= 0.6 is 34.8 Å². The summed E-state index contributed by atoms with van der Waals surface area (Å²) in [6, 6.07) is 4.72. The molecule has 1 saturated carbocycles.